The van der Waals surface area contributed by atoms with Crippen LogP contribution in [0.25, 0.3) is 11.2 Å². The second-order valence-corrected chi connectivity index (χ2v) is 6.40. The molecule has 2 aliphatic carbocycles. The van der Waals surface area contributed by atoms with Gasteiger partial charge in [0.05, 0.1) is 0 Å². The Kier molecular flexibility index (Phi) is 2.42. The van der Waals surface area contributed by atoms with Gasteiger partial charge < -0.3 is 0 Å². The summed E-state index contributed by atoms with van der Waals surface area (Å²) in [6.07, 6.45) is 6.84. The Bertz CT molecular complexity index is 626. The summed E-state index contributed by atoms with van der Waals surface area (Å²) in [4.78, 5) is 12.8. The number of hydrogen-bond donors (Lipinski definition) is 0. The van der Waals surface area contributed by atoms with Gasteiger partial charge in [0.2, 0.25) is 0 Å². The predicted octanol–water partition coefficient (Wildman–Crippen LogP) is 3.60. The average Bonchev–Trinajstić information content (AvgIpc) is 3.02. The second kappa shape index (κ2) is 3.90. The van der Waals surface area contributed by atoms with Crippen LogP contribution in [-0.4, -0.2) is 19.5 Å². The van der Waals surface area contributed by atoms with Crippen molar-refractivity contribution in [1.29, 1.82) is 0 Å². The van der Waals surface area contributed by atoms with Crippen LogP contribution in [0.5, 0.6) is 0 Å². The van der Waals surface area contributed by atoms with Crippen molar-refractivity contribution in [1.82, 2.24) is 19.5 Å². The number of hydrogen-bond acceptors (Lipinski definition) is 3. The van der Waals surface area contributed by atoms with Crippen molar-refractivity contribution >= 4 is 38.7 Å². The molecule has 2 aliphatic rings. The van der Waals surface area contributed by atoms with Crippen molar-refractivity contribution in [3.8, 4) is 0 Å². The minimum absolute atomic E-state index is 0.433. The first kappa shape index (κ1) is 11.2. The van der Waals surface area contributed by atoms with Crippen LogP contribution in [0, 0.1) is 11.8 Å². The van der Waals surface area contributed by atoms with Crippen LogP contribution in [0.15, 0.2) is 11.1 Å². The van der Waals surface area contributed by atoms with Crippen LogP contribution in [0.4, 0.5) is 0 Å². The van der Waals surface area contributed by atoms with E-state index in [0.717, 1.165) is 22.2 Å². The predicted molar refractivity (Wildman–Crippen MR) is 72.5 cm³/mol. The van der Waals surface area contributed by atoms with E-state index >= 15 is 0 Å². The highest BCUT2D eigenvalue weighted by molar-refractivity contribution is 9.10. The van der Waals surface area contributed by atoms with Crippen LogP contribution >= 0.6 is 27.5 Å². The molecular weight excluding hydrogens is 316 g/mol. The summed E-state index contributed by atoms with van der Waals surface area (Å²) < 4.78 is 3.05. The molecule has 0 saturated heterocycles. The van der Waals surface area contributed by atoms with Crippen LogP contribution in [0.2, 0.25) is 5.15 Å². The van der Waals surface area contributed by atoms with E-state index in [1.807, 2.05) is 0 Å². The maximum absolute atomic E-state index is 6.08. The molecule has 3 atom stereocenters. The maximum atomic E-state index is 6.08. The molecule has 2 bridgehead atoms. The minimum Gasteiger partial charge on any atom is -0.300 e. The maximum Gasteiger partial charge on any atom is 0.179 e. The Labute approximate surface area is 118 Å². The third kappa shape index (κ3) is 1.46. The highest BCUT2D eigenvalue weighted by Gasteiger charge is 2.41. The lowest BCUT2D eigenvalue weighted by molar-refractivity contribution is 0.331. The molecule has 0 N–H and O–H groups in total. The van der Waals surface area contributed by atoms with E-state index in [1.165, 1.54) is 32.0 Å². The molecule has 0 spiro atoms. The molecule has 2 fully saturated rings. The SMILES string of the molecule is Clc1ncnc2c1nc(Br)n2[C@@H]1C[C@H]2CC[C@@H]1C2. The van der Waals surface area contributed by atoms with Crippen molar-refractivity contribution in [2.45, 2.75) is 31.7 Å². The highest BCUT2D eigenvalue weighted by Crippen LogP contribution is 2.52. The molecule has 6 heteroatoms. The van der Waals surface area contributed by atoms with Crippen LogP contribution < -0.4 is 0 Å². The Hall–Kier alpha value is -0.680. The zero-order chi connectivity index (χ0) is 12.3. The van der Waals surface area contributed by atoms with E-state index in [2.05, 4.69) is 35.4 Å². The number of nitrogens with zero attached hydrogens (tertiary/aromatic N) is 4. The van der Waals surface area contributed by atoms with Gasteiger partial charge in [0.1, 0.15) is 11.8 Å². The Morgan fingerprint density at radius 1 is 1.28 bits per heavy atom. The smallest absolute Gasteiger partial charge is 0.179 e. The van der Waals surface area contributed by atoms with Gasteiger partial charge in [-0.05, 0) is 47.0 Å². The van der Waals surface area contributed by atoms with E-state index in [0.29, 0.717) is 16.7 Å². The fraction of sp³-hybridized carbons (Fsp3) is 0.583. The Morgan fingerprint density at radius 2 is 2.17 bits per heavy atom. The molecule has 0 unspecified atom stereocenters. The molecular formula is C12H12BrClN4. The largest absolute Gasteiger partial charge is 0.300 e. The summed E-state index contributed by atoms with van der Waals surface area (Å²) in [7, 11) is 0. The molecule has 2 aromatic rings. The van der Waals surface area contributed by atoms with Crippen LogP contribution in [0.3, 0.4) is 0 Å². The van der Waals surface area contributed by atoms with Crippen molar-refractivity contribution in [3.05, 3.63) is 16.2 Å². The fourth-order valence-corrected chi connectivity index (χ4v) is 4.45. The lowest BCUT2D eigenvalue weighted by Gasteiger charge is -2.24. The van der Waals surface area contributed by atoms with Gasteiger partial charge in [-0.1, -0.05) is 18.0 Å². The van der Waals surface area contributed by atoms with Crippen molar-refractivity contribution in [3.63, 3.8) is 0 Å². The van der Waals surface area contributed by atoms with Gasteiger partial charge in [-0.15, -0.1) is 0 Å². The van der Waals surface area contributed by atoms with Gasteiger partial charge in [0.25, 0.3) is 0 Å². The summed E-state index contributed by atoms with van der Waals surface area (Å²) in [5.41, 5.74) is 1.56. The highest BCUT2D eigenvalue weighted by atomic mass is 79.9. The Balaban J connectivity index is 1.90. The lowest BCUT2D eigenvalue weighted by Crippen LogP contribution is -2.16. The van der Waals surface area contributed by atoms with Gasteiger partial charge in [0, 0.05) is 6.04 Å². The summed E-state index contributed by atoms with van der Waals surface area (Å²) in [5.74, 6) is 1.67. The van der Waals surface area contributed by atoms with E-state index in [-0.39, 0.29) is 0 Å². The average molecular weight is 328 g/mol. The summed E-state index contributed by atoms with van der Waals surface area (Å²) in [6.45, 7) is 0. The molecule has 4 rings (SSSR count). The minimum atomic E-state index is 0.433. The molecule has 0 amide bonds. The number of rotatable bonds is 1. The first-order chi connectivity index (χ1) is 8.74. The number of fused-ring (bicyclic) bond motifs is 3. The lowest BCUT2D eigenvalue weighted by atomic mass is 9.95. The van der Waals surface area contributed by atoms with Gasteiger partial charge in [-0.3, -0.25) is 4.57 Å². The monoisotopic (exact) mass is 326 g/mol. The molecule has 2 saturated carbocycles. The fourth-order valence-electron chi connectivity index (χ4n) is 3.68. The number of aromatic nitrogens is 4. The van der Waals surface area contributed by atoms with Crippen molar-refractivity contribution < 1.29 is 0 Å². The van der Waals surface area contributed by atoms with E-state index in [1.54, 1.807) is 0 Å². The molecule has 0 aromatic carbocycles. The zero-order valence-corrected chi connectivity index (χ0v) is 12.0. The molecule has 18 heavy (non-hydrogen) atoms. The molecule has 94 valence electrons. The zero-order valence-electron chi connectivity index (χ0n) is 9.68. The normalized spacial score (nSPS) is 30.4. The summed E-state index contributed by atoms with van der Waals surface area (Å²) in [6, 6.07) is 0.522. The third-order valence-corrected chi connectivity index (χ3v) is 5.26. The molecule has 2 heterocycles. The van der Waals surface area contributed by atoms with Gasteiger partial charge in [-0.2, -0.15) is 0 Å². The molecule has 0 aliphatic heterocycles. The molecule has 4 nitrogen and oxygen atoms in total. The van der Waals surface area contributed by atoms with E-state index in [4.69, 9.17) is 11.6 Å². The summed E-state index contributed by atoms with van der Waals surface area (Å²) >= 11 is 9.63. The van der Waals surface area contributed by atoms with Crippen LogP contribution in [0.1, 0.15) is 31.7 Å². The van der Waals surface area contributed by atoms with E-state index < -0.39 is 0 Å². The van der Waals surface area contributed by atoms with E-state index in [9.17, 15) is 0 Å². The van der Waals surface area contributed by atoms with Gasteiger partial charge in [-0.25, -0.2) is 15.0 Å². The van der Waals surface area contributed by atoms with Crippen molar-refractivity contribution in [2.75, 3.05) is 0 Å². The molecule has 0 radical (unpaired) electrons. The van der Waals surface area contributed by atoms with Crippen molar-refractivity contribution in [2.24, 2.45) is 11.8 Å². The Morgan fingerprint density at radius 3 is 2.89 bits per heavy atom. The van der Waals surface area contributed by atoms with Crippen LogP contribution in [-0.2, 0) is 0 Å². The summed E-state index contributed by atoms with van der Waals surface area (Å²) in [5, 5.41) is 0.433. The third-order valence-electron chi connectivity index (χ3n) is 4.42. The second-order valence-electron chi connectivity index (χ2n) is 5.33. The molecule has 2 aromatic heterocycles. The standard InChI is InChI=1S/C12H12BrClN4/c13-12-17-9-10(14)15-5-16-11(9)18(12)8-4-6-1-2-7(8)3-6/h5-8H,1-4H2/t6-,7+,8+/m0/s1. The topological polar surface area (TPSA) is 43.6 Å². The first-order valence-corrected chi connectivity index (χ1v) is 7.45. The first-order valence-electron chi connectivity index (χ1n) is 6.28. The quantitative estimate of drug-likeness (QED) is 0.594. The number of halogens is 2. The van der Waals surface area contributed by atoms with Gasteiger partial charge >= 0.3 is 0 Å². The number of imidazole rings is 1. The van der Waals surface area contributed by atoms with Gasteiger partial charge in [0.15, 0.2) is 15.5 Å².